The monoisotopic (exact) mass is 303 g/mol. The highest BCUT2D eigenvalue weighted by Crippen LogP contribution is 2.20. The number of aliphatic hydroxyl groups excluding tert-OH is 1. The van der Waals surface area contributed by atoms with Gasteiger partial charge in [0, 0.05) is 13.0 Å². The molecule has 4 heteroatoms. The predicted octanol–water partition coefficient (Wildman–Crippen LogP) is 3.13. The van der Waals surface area contributed by atoms with Crippen LogP contribution >= 0.6 is 11.8 Å². The van der Waals surface area contributed by atoms with Crippen LogP contribution in [0.1, 0.15) is 24.5 Å². The molecule has 0 saturated heterocycles. The van der Waals surface area contributed by atoms with Gasteiger partial charge >= 0.3 is 0 Å². The van der Waals surface area contributed by atoms with Crippen LogP contribution in [0.25, 0.3) is 10.8 Å². The summed E-state index contributed by atoms with van der Waals surface area (Å²) in [5.74, 6) is 0.990. The predicted molar refractivity (Wildman–Crippen MR) is 89.5 cm³/mol. The van der Waals surface area contributed by atoms with Crippen molar-refractivity contribution in [3.05, 3.63) is 48.0 Å². The van der Waals surface area contributed by atoms with Crippen LogP contribution in [-0.2, 0) is 4.79 Å². The molecular weight excluding hydrogens is 282 g/mol. The minimum absolute atomic E-state index is 0.00360. The van der Waals surface area contributed by atoms with Gasteiger partial charge in [0.15, 0.2) is 0 Å². The van der Waals surface area contributed by atoms with Gasteiger partial charge in [-0.05, 0) is 40.8 Å². The molecule has 0 radical (unpaired) electrons. The van der Waals surface area contributed by atoms with Gasteiger partial charge in [0.2, 0.25) is 5.91 Å². The molecule has 1 atom stereocenters. The summed E-state index contributed by atoms with van der Waals surface area (Å²) < 4.78 is 0. The Hall–Kier alpha value is -1.52. The third-order valence-corrected chi connectivity index (χ3v) is 4.10. The highest BCUT2D eigenvalue weighted by molar-refractivity contribution is 7.98. The van der Waals surface area contributed by atoms with Crippen molar-refractivity contribution >= 4 is 28.4 Å². The number of rotatable bonds is 7. The lowest BCUT2D eigenvalue weighted by molar-refractivity contribution is -0.121. The van der Waals surface area contributed by atoms with E-state index < -0.39 is 6.10 Å². The Morgan fingerprint density at radius 3 is 2.76 bits per heavy atom. The van der Waals surface area contributed by atoms with E-state index in [-0.39, 0.29) is 12.5 Å². The van der Waals surface area contributed by atoms with Crippen molar-refractivity contribution < 1.29 is 9.90 Å². The van der Waals surface area contributed by atoms with Crippen molar-refractivity contribution in [1.29, 1.82) is 0 Å². The number of thioether (sulfide) groups is 1. The maximum atomic E-state index is 11.6. The van der Waals surface area contributed by atoms with Gasteiger partial charge in [-0.25, -0.2) is 0 Å². The lowest BCUT2D eigenvalue weighted by Gasteiger charge is -2.13. The largest absolute Gasteiger partial charge is 0.387 e. The van der Waals surface area contributed by atoms with Crippen molar-refractivity contribution in [3.63, 3.8) is 0 Å². The molecule has 2 N–H and O–H groups in total. The van der Waals surface area contributed by atoms with Crippen LogP contribution in [0.15, 0.2) is 42.5 Å². The molecule has 0 heterocycles. The maximum Gasteiger partial charge on any atom is 0.220 e. The first-order chi connectivity index (χ1) is 10.2. The van der Waals surface area contributed by atoms with Crippen LogP contribution in [0.4, 0.5) is 0 Å². The minimum atomic E-state index is -0.667. The van der Waals surface area contributed by atoms with E-state index in [1.807, 2.05) is 48.7 Å². The Morgan fingerprint density at radius 2 is 2.00 bits per heavy atom. The van der Waals surface area contributed by atoms with E-state index in [1.54, 1.807) is 11.8 Å². The van der Waals surface area contributed by atoms with Crippen LogP contribution < -0.4 is 5.32 Å². The highest BCUT2D eigenvalue weighted by atomic mass is 32.2. The molecule has 2 aromatic carbocycles. The Balaban J connectivity index is 1.89. The topological polar surface area (TPSA) is 49.3 Å². The van der Waals surface area contributed by atoms with Gasteiger partial charge in [0.1, 0.15) is 0 Å². The zero-order chi connectivity index (χ0) is 15.1. The van der Waals surface area contributed by atoms with Crippen molar-refractivity contribution in [1.82, 2.24) is 5.32 Å². The Kier molecular flexibility index (Phi) is 6.08. The number of carbonyl (C=O) groups is 1. The number of fused-ring (bicyclic) bond motifs is 1. The van der Waals surface area contributed by atoms with Crippen molar-refractivity contribution in [3.8, 4) is 0 Å². The van der Waals surface area contributed by atoms with Gasteiger partial charge in [-0.1, -0.05) is 36.4 Å². The molecule has 2 rings (SSSR count). The van der Waals surface area contributed by atoms with E-state index in [9.17, 15) is 9.90 Å². The summed E-state index contributed by atoms with van der Waals surface area (Å²) in [5.41, 5.74) is 0.832. The number of nitrogens with one attached hydrogen (secondary N) is 1. The Bertz CT molecular complexity index is 600. The van der Waals surface area contributed by atoms with Gasteiger partial charge < -0.3 is 10.4 Å². The van der Waals surface area contributed by atoms with Crippen molar-refractivity contribution in [2.24, 2.45) is 0 Å². The molecule has 0 aliphatic carbocycles. The van der Waals surface area contributed by atoms with Crippen LogP contribution in [0.2, 0.25) is 0 Å². The summed E-state index contributed by atoms with van der Waals surface area (Å²) in [6.07, 6.45) is 2.75. The molecule has 0 aliphatic heterocycles. The summed E-state index contributed by atoms with van der Waals surface area (Å²) in [5, 5.41) is 15.2. The third-order valence-electron chi connectivity index (χ3n) is 3.40. The SMILES string of the molecule is CSCCCC(=O)NCC(O)c1ccc2ccccc2c1. The second kappa shape index (κ2) is 8.05. The van der Waals surface area contributed by atoms with Gasteiger partial charge in [-0.3, -0.25) is 4.79 Å². The standard InChI is InChI=1S/C17H21NO2S/c1-21-10-4-7-17(20)18-12-16(19)15-9-8-13-5-2-3-6-14(13)11-15/h2-3,5-6,8-9,11,16,19H,4,7,10,12H2,1H3,(H,18,20). The number of carbonyl (C=O) groups excluding carboxylic acids is 1. The molecule has 1 amide bonds. The fraction of sp³-hybridized carbons (Fsp3) is 0.353. The van der Waals surface area contributed by atoms with Crippen molar-refractivity contribution in [2.75, 3.05) is 18.6 Å². The number of hydrogen-bond acceptors (Lipinski definition) is 3. The fourth-order valence-corrected chi connectivity index (χ4v) is 2.64. The van der Waals surface area contributed by atoms with E-state index in [2.05, 4.69) is 5.32 Å². The molecule has 0 saturated carbocycles. The Labute approximate surface area is 129 Å². The average molecular weight is 303 g/mol. The molecule has 1 unspecified atom stereocenters. The normalized spacial score (nSPS) is 12.3. The summed E-state index contributed by atoms with van der Waals surface area (Å²) in [6, 6.07) is 13.9. The molecule has 0 aliphatic rings. The maximum absolute atomic E-state index is 11.6. The molecule has 2 aromatic rings. The fourth-order valence-electron chi connectivity index (χ4n) is 2.21. The first-order valence-corrected chi connectivity index (χ1v) is 8.52. The Morgan fingerprint density at radius 1 is 1.24 bits per heavy atom. The van der Waals surface area contributed by atoms with Crippen LogP contribution in [0, 0.1) is 0 Å². The average Bonchev–Trinajstić information content (AvgIpc) is 2.52. The highest BCUT2D eigenvalue weighted by Gasteiger charge is 2.10. The molecule has 3 nitrogen and oxygen atoms in total. The summed E-state index contributed by atoms with van der Waals surface area (Å²) >= 11 is 1.74. The number of hydrogen-bond donors (Lipinski definition) is 2. The molecule has 112 valence electrons. The van der Waals surface area contributed by atoms with E-state index >= 15 is 0 Å². The van der Waals surface area contributed by atoms with Crippen LogP contribution in [-0.4, -0.2) is 29.6 Å². The smallest absolute Gasteiger partial charge is 0.220 e. The second-order valence-electron chi connectivity index (χ2n) is 5.02. The summed E-state index contributed by atoms with van der Waals surface area (Å²) in [6.45, 7) is 0.260. The van der Waals surface area contributed by atoms with E-state index in [4.69, 9.17) is 0 Å². The lowest BCUT2D eigenvalue weighted by Crippen LogP contribution is -2.28. The van der Waals surface area contributed by atoms with Crippen molar-refractivity contribution in [2.45, 2.75) is 18.9 Å². The van der Waals surface area contributed by atoms with Crippen LogP contribution in [0.3, 0.4) is 0 Å². The van der Waals surface area contributed by atoms with E-state index in [0.717, 1.165) is 28.5 Å². The van der Waals surface area contributed by atoms with Gasteiger partial charge in [0.25, 0.3) is 0 Å². The first-order valence-electron chi connectivity index (χ1n) is 7.13. The quantitative estimate of drug-likeness (QED) is 0.773. The number of benzene rings is 2. The number of aliphatic hydroxyl groups is 1. The first kappa shape index (κ1) is 15.9. The third kappa shape index (κ3) is 4.76. The molecule has 21 heavy (non-hydrogen) atoms. The zero-order valence-corrected chi connectivity index (χ0v) is 13.0. The summed E-state index contributed by atoms with van der Waals surface area (Å²) in [7, 11) is 0. The number of amides is 1. The summed E-state index contributed by atoms with van der Waals surface area (Å²) in [4.78, 5) is 11.6. The van der Waals surface area contributed by atoms with Gasteiger partial charge in [-0.15, -0.1) is 0 Å². The van der Waals surface area contributed by atoms with Gasteiger partial charge in [-0.2, -0.15) is 11.8 Å². The molecule has 0 spiro atoms. The zero-order valence-electron chi connectivity index (χ0n) is 12.2. The molecule has 0 bridgehead atoms. The lowest BCUT2D eigenvalue weighted by atomic mass is 10.0. The second-order valence-corrected chi connectivity index (χ2v) is 6.01. The molecular formula is C17H21NO2S. The molecule has 0 aromatic heterocycles. The van der Waals surface area contributed by atoms with Gasteiger partial charge in [0.05, 0.1) is 6.10 Å². The molecule has 0 fully saturated rings. The minimum Gasteiger partial charge on any atom is -0.387 e. The van der Waals surface area contributed by atoms with E-state index in [1.165, 1.54) is 0 Å². The van der Waals surface area contributed by atoms with Crippen LogP contribution in [0.5, 0.6) is 0 Å². The van der Waals surface area contributed by atoms with E-state index in [0.29, 0.717) is 6.42 Å².